The monoisotopic (exact) mass is 200 g/mol. The fraction of sp³-hybridized carbons (Fsp3) is 0.900. The van der Waals surface area contributed by atoms with Crippen molar-refractivity contribution < 1.29 is 9.18 Å². The number of piperidine rings is 1. The highest BCUT2D eigenvalue weighted by atomic mass is 19.1. The molecule has 0 spiro atoms. The number of likely N-dealkylation sites (tertiary alicyclic amines) is 1. The zero-order valence-electron chi connectivity index (χ0n) is 8.34. The van der Waals surface area contributed by atoms with Crippen LogP contribution in [0.4, 0.5) is 4.39 Å². The van der Waals surface area contributed by atoms with Crippen LogP contribution in [0.3, 0.4) is 0 Å². The van der Waals surface area contributed by atoms with Gasteiger partial charge in [0, 0.05) is 26.1 Å². The number of hydrogen-bond donors (Lipinski definition) is 1. The molecule has 0 bridgehead atoms. The summed E-state index contributed by atoms with van der Waals surface area (Å²) < 4.78 is 12.9. The molecule has 80 valence electrons. The number of nitrogens with zero attached hydrogens (tertiary/aromatic N) is 1. The van der Waals surface area contributed by atoms with E-state index in [1.54, 1.807) is 0 Å². The van der Waals surface area contributed by atoms with Gasteiger partial charge in [-0.1, -0.05) is 0 Å². The van der Waals surface area contributed by atoms with Crippen LogP contribution in [0.5, 0.6) is 0 Å². The van der Waals surface area contributed by atoms with Gasteiger partial charge >= 0.3 is 0 Å². The van der Waals surface area contributed by atoms with Crippen molar-refractivity contribution in [3.8, 4) is 0 Å². The Balaban J connectivity index is 1.87. The van der Waals surface area contributed by atoms with Gasteiger partial charge in [-0.3, -0.25) is 4.79 Å². The zero-order chi connectivity index (χ0) is 9.97. The van der Waals surface area contributed by atoms with Gasteiger partial charge < -0.3 is 10.2 Å². The Bertz CT molecular complexity index is 209. The van der Waals surface area contributed by atoms with Gasteiger partial charge in [0.25, 0.3) is 0 Å². The first-order valence-electron chi connectivity index (χ1n) is 5.43. The molecule has 0 aromatic rings. The molecular weight excluding hydrogens is 183 g/mol. The minimum atomic E-state index is -0.839. The van der Waals surface area contributed by atoms with E-state index in [4.69, 9.17) is 0 Å². The third-order valence-corrected chi connectivity index (χ3v) is 3.04. The van der Waals surface area contributed by atoms with E-state index in [0.29, 0.717) is 13.0 Å². The van der Waals surface area contributed by atoms with Gasteiger partial charge in [0.05, 0.1) is 6.04 Å². The van der Waals surface area contributed by atoms with Gasteiger partial charge in [-0.2, -0.15) is 0 Å². The summed E-state index contributed by atoms with van der Waals surface area (Å²) in [6, 6.07) is -0.261. The molecule has 2 heterocycles. The predicted octanol–water partition coefficient (Wildman–Crippen LogP) is 0.699. The van der Waals surface area contributed by atoms with E-state index in [1.165, 1.54) is 6.42 Å². The van der Waals surface area contributed by atoms with E-state index in [1.807, 2.05) is 4.90 Å². The molecule has 2 aliphatic heterocycles. The summed E-state index contributed by atoms with van der Waals surface area (Å²) >= 11 is 0. The summed E-state index contributed by atoms with van der Waals surface area (Å²) in [5.74, 6) is 0.102. The third kappa shape index (κ3) is 2.05. The molecule has 2 fully saturated rings. The predicted molar refractivity (Wildman–Crippen MR) is 51.7 cm³/mol. The van der Waals surface area contributed by atoms with Gasteiger partial charge in [-0.05, 0) is 19.3 Å². The maximum atomic E-state index is 12.9. The molecule has 1 amide bonds. The molecule has 3 nitrogen and oxygen atoms in total. The second-order valence-electron chi connectivity index (χ2n) is 4.18. The Morgan fingerprint density at radius 1 is 1.29 bits per heavy atom. The fourth-order valence-electron chi connectivity index (χ4n) is 2.22. The van der Waals surface area contributed by atoms with Gasteiger partial charge in [-0.25, -0.2) is 4.39 Å². The lowest BCUT2D eigenvalue weighted by Crippen LogP contribution is -2.45. The summed E-state index contributed by atoms with van der Waals surface area (Å²) in [7, 11) is 0. The standard InChI is InChI=1S/C10H17FN2O/c11-8-6-9(12-7-8)10(14)13-4-2-1-3-5-13/h8-9,12H,1-7H2. The molecule has 0 radical (unpaired) electrons. The number of alkyl halides is 1. The highest BCUT2D eigenvalue weighted by Crippen LogP contribution is 2.15. The fourth-order valence-corrected chi connectivity index (χ4v) is 2.22. The molecule has 0 aliphatic carbocycles. The zero-order valence-corrected chi connectivity index (χ0v) is 8.34. The quantitative estimate of drug-likeness (QED) is 0.675. The van der Waals surface area contributed by atoms with Crippen LogP contribution in [0.25, 0.3) is 0 Å². The minimum Gasteiger partial charge on any atom is -0.341 e. The van der Waals surface area contributed by atoms with Crippen molar-refractivity contribution in [3.05, 3.63) is 0 Å². The second kappa shape index (κ2) is 4.26. The topological polar surface area (TPSA) is 32.3 Å². The van der Waals surface area contributed by atoms with E-state index in [-0.39, 0.29) is 11.9 Å². The van der Waals surface area contributed by atoms with Crippen LogP contribution >= 0.6 is 0 Å². The molecule has 2 atom stereocenters. The Morgan fingerprint density at radius 3 is 2.57 bits per heavy atom. The van der Waals surface area contributed by atoms with Crippen LogP contribution < -0.4 is 5.32 Å². The van der Waals surface area contributed by atoms with Crippen LogP contribution in [-0.2, 0) is 4.79 Å². The summed E-state index contributed by atoms with van der Waals surface area (Å²) in [5, 5.41) is 2.94. The lowest BCUT2D eigenvalue weighted by molar-refractivity contribution is -0.134. The van der Waals surface area contributed by atoms with Crippen LogP contribution in [0.1, 0.15) is 25.7 Å². The minimum absolute atomic E-state index is 0.102. The van der Waals surface area contributed by atoms with Crippen molar-refractivity contribution >= 4 is 5.91 Å². The highest BCUT2D eigenvalue weighted by molar-refractivity contribution is 5.82. The largest absolute Gasteiger partial charge is 0.341 e. The van der Waals surface area contributed by atoms with E-state index in [2.05, 4.69) is 5.32 Å². The van der Waals surface area contributed by atoms with Gasteiger partial charge in [0.15, 0.2) is 0 Å². The van der Waals surface area contributed by atoms with Crippen LogP contribution in [-0.4, -0.2) is 42.7 Å². The molecule has 2 aliphatic rings. The van der Waals surface area contributed by atoms with Crippen LogP contribution in [0, 0.1) is 0 Å². The molecule has 2 rings (SSSR count). The number of nitrogens with one attached hydrogen (secondary N) is 1. The normalized spacial score (nSPS) is 33.4. The third-order valence-electron chi connectivity index (χ3n) is 3.04. The van der Waals surface area contributed by atoms with Gasteiger partial charge in [-0.15, -0.1) is 0 Å². The second-order valence-corrected chi connectivity index (χ2v) is 4.18. The van der Waals surface area contributed by atoms with Crippen molar-refractivity contribution in [2.45, 2.75) is 37.9 Å². The first-order chi connectivity index (χ1) is 6.77. The lowest BCUT2D eigenvalue weighted by Gasteiger charge is -2.29. The van der Waals surface area contributed by atoms with Gasteiger partial charge in [0.1, 0.15) is 6.17 Å². The molecule has 14 heavy (non-hydrogen) atoms. The Morgan fingerprint density at radius 2 is 2.00 bits per heavy atom. The van der Waals surface area contributed by atoms with Crippen molar-refractivity contribution in [1.82, 2.24) is 10.2 Å². The summed E-state index contributed by atoms with van der Waals surface area (Å²) in [4.78, 5) is 13.7. The summed E-state index contributed by atoms with van der Waals surface area (Å²) in [5.41, 5.74) is 0. The smallest absolute Gasteiger partial charge is 0.239 e. The van der Waals surface area contributed by atoms with Crippen LogP contribution in [0.15, 0.2) is 0 Å². The number of carbonyl (C=O) groups is 1. The summed E-state index contributed by atoms with van der Waals surface area (Å²) in [6.07, 6.45) is 2.92. The van der Waals surface area contributed by atoms with E-state index in [9.17, 15) is 9.18 Å². The molecule has 2 unspecified atom stereocenters. The van der Waals surface area contributed by atoms with Crippen molar-refractivity contribution in [3.63, 3.8) is 0 Å². The molecule has 0 aromatic carbocycles. The number of hydrogen-bond acceptors (Lipinski definition) is 2. The molecule has 0 aromatic heterocycles. The van der Waals surface area contributed by atoms with Crippen molar-refractivity contribution in [1.29, 1.82) is 0 Å². The maximum absolute atomic E-state index is 12.9. The Kier molecular flexibility index (Phi) is 3.01. The Hall–Kier alpha value is -0.640. The van der Waals surface area contributed by atoms with Crippen molar-refractivity contribution in [2.24, 2.45) is 0 Å². The number of amides is 1. The lowest BCUT2D eigenvalue weighted by atomic mass is 10.1. The maximum Gasteiger partial charge on any atom is 0.239 e. The van der Waals surface area contributed by atoms with E-state index in [0.717, 1.165) is 25.9 Å². The van der Waals surface area contributed by atoms with E-state index < -0.39 is 6.17 Å². The molecular formula is C10H17FN2O. The molecule has 2 saturated heterocycles. The average Bonchev–Trinajstić information content (AvgIpc) is 2.65. The van der Waals surface area contributed by atoms with Crippen LogP contribution in [0.2, 0.25) is 0 Å². The average molecular weight is 200 g/mol. The molecule has 1 N–H and O–H groups in total. The van der Waals surface area contributed by atoms with Crippen molar-refractivity contribution in [2.75, 3.05) is 19.6 Å². The number of halogens is 1. The SMILES string of the molecule is O=C(C1CC(F)CN1)N1CCCCC1. The number of carbonyl (C=O) groups excluding carboxylic acids is 1. The Labute approximate surface area is 83.6 Å². The first-order valence-corrected chi connectivity index (χ1v) is 5.43. The van der Waals surface area contributed by atoms with E-state index >= 15 is 0 Å². The summed E-state index contributed by atoms with van der Waals surface area (Å²) in [6.45, 7) is 2.05. The number of rotatable bonds is 1. The highest BCUT2D eigenvalue weighted by Gasteiger charge is 2.32. The molecule has 4 heteroatoms. The van der Waals surface area contributed by atoms with Gasteiger partial charge in [0.2, 0.25) is 5.91 Å². The molecule has 0 saturated carbocycles. The first kappa shape index (κ1) is 9.90.